The zero-order valence-electron chi connectivity index (χ0n) is 16.6. The first-order valence-electron chi connectivity index (χ1n) is 9.68. The molecule has 6 nitrogen and oxygen atoms in total. The average Bonchev–Trinajstić information content (AvgIpc) is 3.27. The lowest BCUT2D eigenvalue weighted by Crippen LogP contribution is -2.53. The van der Waals surface area contributed by atoms with Crippen LogP contribution in [0.4, 0.5) is 0 Å². The standard InChI is InChI=1S/C22H27N3O3/c1-5-7-14(2)21(27)25-13-15-10-18(19(25)11-15)23-20(26)16-8-6-9-17(12-16)22(28)24(3)4/h1,6,8-9,12,14-15,18-19H,7,10-11,13H2,2-4H3,(H,23,26)/t14-,15+,18+,19+/m0/s1. The Kier molecular flexibility index (Phi) is 5.73. The summed E-state index contributed by atoms with van der Waals surface area (Å²) in [5.74, 6) is 2.49. The van der Waals surface area contributed by atoms with E-state index in [2.05, 4.69) is 11.2 Å². The number of likely N-dealkylation sites (tertiary alicyclic amines) is 1. The molecule has 1 aromatic rings. The summed E-state index contributed by atoms with van der Waals surface area (Å²) < 4.78 is 0. The maximum atomic E-state index is 12.8. The zero-order chi connectivity index (χ0) is 20.4. The van der Waals surface area contributed by atoms with E-state index in [-0.39, 0.29) is 35.7 Å². The Labute approximate surface area is 166 Å². The van der Waals surface area contributed by atoms with Crippen LogP contribution in [0.5, 0.6) is 0 Å². The van der Waals surface area contributed by atoms with Gasteiger partial charge in [-0.3, -0.25) is 14.4 Å². The van der Waals surface area contributed by atoms with Gasteiger partial charge in [-0.2, -0.15) is 0 Å². The minimum absolute atomic E-state index is 0.0215. The molecule has 1 aromatic carbocycles. The molecular formula is C22H27N3O3. The molecule has 6 heteroatoms. The van der Waals surface area contributed by atoms with E-state index in [0.717, 1.165) is 19.4 Å². The minimum atomic E-state index is -0.213. The lowest BCUT2D eigenvalue weighted by molar-refractivity contribution is -0.137. The minimum Gasteiger partial charge on any atom is -0.347 e. The molecule has 1 aliphatic carbocycles. The predicted molar refractivity (Wildman–Crippen MR) is 107 cm³/mol. The molecule has 0 radical (unpaired) electrons. The second-order valence-electron chi connectivity index (χ2n) is 8.07. The number of benzene rings is 1. The molecule has 3 amide bonds. The molecule has 1 heterocycles. The molecule has 3 rings (SSSR count). The molecule has 0 spiro atoms. The fraction of sp³-hybridized carbons (Fsp3) is 0.500. The first-order chi connectivity index (χ1) is 13.3. The highest BCUT2D eigenvalue weighted by atomic mass is 16.2. The van der Waals surface area contributed by atoms with E-state index >= 15 is 0 Å². The fourth-order valence-electron chi connectivity index (χ4n) is 4.28. The van der Waals surface area contributed by atoms with Gasteiger partial charge in [0.15, 0.2) is 0 Å². The molecule has 148 valence electrons. The third-order valence-electron chi connectivity index (χ3n) is 5.70. The molecule has 1 N–H and O–H groups in total. The number of terminal acetylenes is 1. The Balaban J connectivity index is 1.68. The number of piperidine rings is 1. The Morgan fingerprint density at radius 3 is 2.64 bits per heavy atom. The number of carbonyl (C=O) groups excluding carboxylic acids is 3. The summed E-state index contributed by atoms with van der Waals surface area (Å²) in [5.41, 5.74) is 0.930. The van der Waals surface area contributed by atoms with Crippen molar-refractivity contribution < 1.29 is 14.4 Å². The number of rotatable bonds is 5. The van der Waals surface area contributed by atoms with Gasteiger partial charge in [0.25, 0.3) is 11.8 Å². The van der Waals surface area contributed by atoms with Gasteiger partial charge in [0.2, 0.25) is 5.91 Å². The van der Waals surface area contributed by atoms with Crippen LogP contribution in [-0.2, 0) is 4.79 Å². The van der Waals surface area contributed by atoms with Gasteiger partial charge < -0.3 is 15.1 Å². The molecular weight excluding hydrogens is 354 g/mol. The summed E-state index contributed by atoms with van der Waals surface area (Å²) in [4.78, 5) is 41.0. The van der Waals surface area contributed by atoms with Crippen molar-refractivity contribution in [1.29, 1.82) is 0 Å². The lowest BCUT2D eigenvalue weighted by Gasteiger charge is -2.35. The van der Waals surface area contributed by atoms with Crippen molar-refractivity contribution in [3.63, 3.8) is 0 Å². The normalized spacial score (nSPS) is 23.8. The maximum absolute atomic E-state index is 12.8. The summed E-state index contributed by atoms with van der Waals surface area (Å²) >= 11 is 0. The van der Waals surface area contributed by atoms with Gasteiger partial charge in [0.05, 0.1) is 6.04 Å². The van der Waals surface area contributed by atoms with Gasteiger partial charge in [-0.25, -0.2) is 0 Å². The first-order valence-corrected chi connectivity index (χ1v) is 9.68. The number of nitrogens with zero attached hydrogens (tertiary/aromatic N) is 2. The van der Waals surface area contributed by atoms with E-state index in [1.807, 2.05) is 11.8 Å². The summed E-state index contributed by atoms with van der Waals surface area (Å²) in [6, 6.07) is 6.68. The van der Waals surface area contributed by atoms with Crippen molar-refractivity contribution in [3.8, 4) is 12.3 Å². The zero-order valence-corrected chi connectivity index (χ0v) is 16.6. The number of hydrogen-bond acceptors (Lipinski definition) is 3. The number of nitrogens with one attached hydrogen (secondary N) is 1. The van der Waals surface area contributed by atoms with E-state index in [1.54, 1.807) is 38.4 Å². The van der Waals surface area contributed by atoms with E-state index in [1.165, 1.54) is 4.90 Å². The van der Waals surface area contributed by atoms with Crippen molar-refractivity contribution in [3.05, 3.63) is 35.4 Å². The van der Waals surface area contributed by atoms with Crippen molar-refractivity contribution in [2.45, 2.75) is 38.3 Å². The number of fused-ring (bicyclic) bond motifs is 2. The van der Waals surface area contributed by atoms with E-state index < -0.39 is 0 Å². The van der Waals surface area contributed by atoms with Crippen LogP contribution in [0.15, 0.2) is 24.3 Å². The van der Waals surface area contributed by atoms with Crippen LogP contribution in [0.25, 0.3) is 0 Å². The Morgan fingerprint density at radius 2 is 2.00 bits per heavy atom. The van der Waals surface area contributed by atoms with Crippen LogP contribution in [0.1, 0.15) is 46.9 Å². The number of carbonyl (C=O) groups is 3. The van der Waals surface area contributed by atoms with Crippen LogP contribution < -0.4 is 5.32 Å². The average molecular weight is 381 g/mol. The molecule has 4 atom stereocenters. The second kappa shape index (κ2) is 8.05. The Bertz CT molecular complexity index is 827. The Morgan fingerprint density at radius 1 is 1.29 bits per heavy atom. The molecule has 28 heavy (non-hydrogen) atoms. The van der Waals surface area contributed by atoms with E-state index in [4.69, 9.17) is 6.42 Å². The molecule has 0 aromatic heterocycles. The third-order valence-corrected chi connectivity index (χ3v) is 5.70. The molecule has 0 unspecified atom stereocenters. The Hall–Kier alpha value is -2.81. The maximum Gasteiger partial charge on any atom is 0.253 e. The second-order valence-corrected chi connectivity index (χ2v) is 8.07. The van der Waals surface area contributed by atoms with Gasteiger partial charge >= 0.3 is 0 Å². The van der Waals surface area contributed by atoms with Crippen LogP contribution in [0, 0.1) is 24.2 Å². The topological polar surface area (TPSA) is 69.7 Å². The molecule has 1 aliphatic heterocycles. The number of amides is 3. The highest BCUT2D eigenvalue weighted by molar-refractivity contribution is 5.99. The summed E-state index contributed by atoms with van der Waals surface area (Å²) in [6.07, 6.45) is 7.56. The predicted octanol–water partition coefficient (Wildman–Crippen LogP) is 1.77. The highest BCUT2D eigenvalue weighted by Gasteiger charge is 2.47. The largest absolute Gasteiger partial charge is 0.347 e. The highest BCUT2D eigenvalue weighted by Crippen LogP contribution is 2.38. The van der Waals surface area contributed by atoms with Crippen LogP contribution in [0.3, 0.4) is 0 Å². The van der Waals surface area contributed by atoms with E-state index in [9.17, 15) is 14.4 Å². The smallest absolute Gasteiger partial charge is 0.253 e. The third kappa shape index (κ3) is 3.89. The van der Waals surface area contributed by atoms with Gasteiger partial charge in [-0.1, -0.05) is 13.0 Å². The lowest BCUT2D eigenvalue weighted by atomic mass is 10.0. The monoisotopic (exact) mass is 381 g/mol. The quantitative estimate of drug-likeness (QED) is 0.791. The summed E-state index contributed by atoms with van der Waals surface area (Å²) in [5, 5.41) is 3.08. The molecule has 2 aliphatic rings. The molecule has 2 fully saturated rings. The molecule has 2 bridgehead atoms. The van der Waals surface area contributed by atoms with Gasteiger partial charge in [-0.05, 0) is 37.0 Å². The van der Waals surface area contributed by atoms with Crippen molar-refractivity contribution in [1.82, 2.24) is 15.1 Å². The van der Waals surface area contributed by atoms with Crippen LogP contribution in [-0.4, -0.2) is 60.2 Å². The first kappa shape index (κ1) is 19.9. The summed E-state index contributed by atoms with van der Waals surface area (Å²) in [7, 11) is 3.36. The van der Waals surface area contributed by atoms with Gasteiger partial charge in [0, 0.05) is 50.1 Å². The van der Waals surface area contributed by atoms with Gasteiger partial charge in [0.1, 0.15) is 0 Å². The molecule has 1 saturated heterocycles. The fourth-order valence-corrected chi connectivity index (χ4v) is 4.28. The molecule has 1 saturated carbocycles. The van der Waals surface area contributed by atoms with E-state index in [0.29, 0.717) is 23.5 Å². The van der Waals surface area contributed by atoms with Crippen molar-refractivity contribution >= 4 is 17.7 Å². The SMILES string of the molecule is C#CC[C@H](C)C(=O)N1C[C@H]2C[C@@H]1[C@H](NC(=O)c1cccc(C(=O)N(C)C)c1)C2. The van der Waals surface area contributed by atoms with Crippen molar-refractivity contribution in [2.24, 2.45) is 11.8 Å². The van der Waals surface area contributed by atoms with Crippen molar-refractivity contribution in [2.75, 3.05) is 20.6 Å². The van der Waals surface area contributed by atoms with Crippen LogP contribution >= 0.6 is 0 Å². The summed E-state index contributed by atoms with van der Waals surface area (Å²) in [6.45, 7) is 2.60. The van der Waals surface area contributed by atoms with Gasteiger partial charge in [-0.15, -0.1) is 12.3 Å². The van der Waals surface area contributed by atoms with Crippen LogP contribution in [0.2, 0.25) is 0 Å². The number of hydrogen-bond donors (Lipinski definition) is 1.